The number of rotatable bonds is 2. The van der Waals surface area contributed by atoms with Crippen LogP contribution in [0, 0.1) is 0 Å². The Morgan fingerprint density at radius 2 is 2.10 bits per heavy atom. The van der Waals surface area contributed by atoms with Crippen molar-refractivity contribution in [3.8, 4) is 0 Å². The van der Waals surface area contributed by atoms with Gasteiger partial charge in [-0.15, -0.1) is 0 Å². The zero-order chi connectivity index (χ0) is 14.8. The van der Waals surface area contributed by atoms with Gasteiger partial charge < -0.3 is 9.64 Å². The molecule has 0 fully saturated rings. The summed E-state index contributed by atoms with van der Waals surface area (Å²) in [6.45, 7) is 4.34. The zero-order valence-electron chi connectivity index (χ0n) is 12.2. The van der Waals surface area contributed by atoms with E-state index in [-0.39, 0.29) is 5.41 Å². The van der Waals surface area contributed by atoms with Crippen molar-refractivity contribution in [1.82, 2.24) is 5.43 Å². The molecule has 0 saturated heterocycles. The van der Waals surface area contributed by atoms with Crippen LogP contribution < -0.4 is 10.3 Å². The fraction of sp³-hybridized carbons (Fsp3) is 0.333. The average Bonchev–Trinajstić information content (AvgIpc) is 2.64. The third kappa shape index (κ3) is 2.39. The number of fused-ring (bicyclic) bond motifs is 1. The minimum atomic E-state index is -0.582. The van der Waals surface area contributed by atoms with E-state index in [2.05, 4.69) is 46.1 Å². The Morgan fingerprint density at radius 1 is 1.40 bits per heavy atom. The Kier molecular flexibility index (Phi) is 3.79. The number of hydrazone groups is 1. The summed E-state index contributed by atoms with van der Waals surface area (Å²) in [5.41, 5.74) is 5.76. The summed E-state index contributed by atoms with van der Waals surface area (Å²) in [5, 5.41) is 3.82. The first-order valence-corrected chi connectivity index (χ1v) is 6.39. The normalized spacial score (nSPS) is 18.4. The number of hydrogen-bond acceptors (Lipinski definition) is 4. The second-order valence-electron chi connectivity index (χ2n) is 5.13. The maximum absolute atomic E-state index is 10.9. The van der Waals surface area contributed by atoms with Crippen LogP contribution in [0.3, 0.4) is 0 Å². The summed E-state index contributed by atoms with van der Waals surface area (Å²) in [4.78, 5) is 13.0. The molecule has 1 aromatic carbocycles. The van der Waals surface area contributed by atoms with Gasteiger partial charge in [-0.25, -0.2) is 10.2 Å². The third-order valence-electron chi connectivity index (χ3n) is 3.59. The molecule has 106 valence electrons. The molecule has 1 aromatic rings. The summed E-state index contributed by atoms with van der Waals surface area (Å²) < 4.78 is 4.44. The Morgan fingerprint density at radius 3 is 2.75 bits per heavy atom. The largest absolute Gasteiger partial charge is 0.452 e. The molecule has 5 heteroatoms. The average molecular weight is 273 g/mol. The quantitative estimate of drug-likeness (QED) is 0.665. The van der Waals surface area contributed by atoms with Crippen molar-refractivity contribution in [2.75, 3.05) is 19.1 Å². The fourth-order valence-electron chi connectivity index (χ4n) is 2.55. The first kappa shape index (κ1) is 14.1. The van der Waals surface area contributed by atoms with E-state index in [9.17, 15) is 4.79 Å². The van der Waals surface area contributed by atoms with E-state index in [1.165, 1.54) is 18.4 Å². The molecule has 1 amide bonds. The molecule has 0 saturated carbocycles. The highest BCUT2D eigenvalue weighted by Gasteiger charge is 2.37. The van der Waals surface area contributed by atoms with Crippen molar-refractivity contribution in [2.24, 2.45) is 5.10 Å². The lowest BCUT2D eigenvalue weighted by molar-refractivity contribution is 0.171. The van der Waals surface area contributed by atoms with Gasteiger partial charge in [0.15, 0.2) is 0 Å². The van der Waals surface area contributed by atoms with Crippen molar-refractivity contribution in [3.63, 3.8) is 0 Å². The SMILES string of the molecule is COC(=O)N/N=C\C=C1\N(C)c2ccccc2C1(C)C. The molecular formula is C15H19N3O2. The van der Waals surface area contributed by atoms with E-state index < -0.39 is 6.09 Å². The van der Waals surface area contributed by atoms with E-state index in [0.29, 0.717) is 0 Å². The molecule has 0 aromatic heterocycles. The van der Waals surface area contributed by atoms with Crippen LogP contribution >= 0.6 is 0 Å². The van der Waals surface area contributed by atoms with E-state index in [1.807, 2.05) is 25.3 Å². The van der Waals surface area contributed by atoms with Crippen LogP contribution in [0.2, 0.25) is 0 Å². The minimum absolute atomic E-state index is 0.0946. The molecule has 1 aliphatic heterocycles. The molecule has 1 aliphatic rings. The van der Waals surface area contributed by atoms with Gasteiger partial charge in [0, 0.05) is 30.1 Å². The zero-order valence-corrected chi connectivity index (χ0v) is 12.2. The van der Waals surface area contributed by atoms with Crippen LogP contribution in [-0.2, 0) is 10.2 Å². The van der Waals surface area contributed by atoms with Crippen LogP contribution in [0.5, 0.6) is 0 Å². The van der Waals surface area contributed by atoms with Gasteiger partial charge in [-0.2, -0.15) is 5.10 Å². The highest BCUT2D eigenvalue weighted by atomic mass is 16.5. The fourth-order valence-corrected chi connectivity index (χ4v) is 2.55. The molecule has 1 N–H and O–H groups in total. The minimum Gasteiger partial charge on any atom is -0.452 e. The number of likely N-dealkylation sites (N-methyl/N-ethyl adjacent to an activating group) is 1. The Hall–Kier alpha value is -2.30. The molecule has 0 bridgehead atoms. The van der Waals surface area contributed by atoms with Gasteiger partial charge in [0.05, 0.1) is 7.11 Å². The number of ether oxygens (including phenoxy) is 1. The molecule has 5 nitrogen and oxygen atoms in total. The van der Waals surface area contributed by atoms with Crippen LogP contribution in [0.1, 0.15) is 19.4 Å². The van der Waals surface area contributed by atoms with Crippen molar-refractivity contribution in [3.05, 3.63) is 41.6 Å². The van der Waals surface area contributed by atoms with E-state index in [0.717, 1.165) is 5.70 Å². The number of allylic oxidation sites excluding steroid dienone is 2. The second-order valence-corrected chi connectivity index (χ2v) is 5.13. The van der Waals surface area contributed by atoms with Gasteiger partial charge in [-0.05, 0) is 17.7 Å². The smallest absolute Gasteiger partial charge is 0.427 e. The summed E-state index contributed by atoms with van der Waals surface area (Å²) in [7, 11) is 3.33. The monoisotopic (exact) mass is 273 g/mol. The maximum atomic E-state index is 10.9. The molecule has 2 rings (SSSR count). The summed E-state index contributed by atoms with van der Waals surface area (Å²) in [6, 6.07) is 8.31. The predicted octanol–water partition coefficient (Wildman–Crippen LogP) is 2.64. The van der Waals surface area contributed by atoms with Gasteiger partial charge in [-0.1, -0.05) is 32.0 Å². The van der Waals surface area contributed by atoms with Gasteiger partial charge in [0.25, 0.3) is 0 Å². The van der Waals surface area contributed by atoms with E-state index in [1.54, 1.807) is 6.21 Å². The van der Waals surface area contributed by atoms with Crippen molar-refractivity contribution >= 4 is 18.0 Å². The predicted molar refractivity (Wildman–Crippen MR) is 80.0 cm³/mol. The Labute approximate surface area is 118 Å². The molecule has 0 unspecified atom stereocenters. The summed E-state index contributed by atoms with van der Waals surface area (Å²) >= 11 is 0. The summed E-state index contributed by atoms with van der Waals surface area (Å²) in [5.74, 6) is 0. The number of nitrogens with zero attached hydrogens (tertiary/aromatic N) is 2. The van der Waals surface area contributed by atoms with Crippen molar-refractivity contribution < 1.29 is 9.53 Å². The van der Waals surface area contributed by atoms with Crippen molar-refractivity contribution in [1.29, 1.82) is 0 Å². The second kappa shape index (κ2) is 5.36. The maximum Gasteiger partial charge on any atom is 0.427 e. The highest BCUT2D eigenvalue weighted by Crippen LogP contribution is 2.46. The van der Waals surface area contributed by atoms with E-state index >= 15 is 0 Å². The van der Waals surface area contributed by atoms with Gasteiger partial charge in [0.2, 0.25) is 0 Å². The number of amides is 1. The standard InChI is InChI=1S/C15H19N3O2/c1-15(2)11-7-5-6-8-12(11)18(3)13(15)9-10-16-17-14(19)20-4/h5-10H,1-4H3,(H,17,19)/b13-9+,16-10-. The number of nitrogens with one attached hydrogen (secondary N) is 1. The summed E-state index contributed by atoms with van der Waals surface area (Å²) in [6.07, 6.45) is 2.88. The topological polar surface area (TPSA) is 53.9 Å². The Bertz CT molecular complexity index is 576. The molecule has 20 heavy (non-hydrogen) atoms. The molecule has 0 spiro atoms. The first-order valence-electron chi connectivity index (χ1n) is 6.39. The van der Waals surface area contributed by atoms with Gasteiger partial charge in [0.1, 0.15) is 0 Å². The lowest BCUT2D eigenvalue weighted by atomic mass is 9.84. The molecule has 0 radical (unpaired) electrons. The van der Waals surface area contributed by atoms with Crippen LogP contribution in [0.4, 0.5) is 10.5 Å². The van der Waals surface area contributed by atoms with Gasteiger partial charge in [-0.3, -0.25) is 0 Å². The molecule has 1 heterocycles. The van der Waals surface area contributed by atoms with Crippen molar-refractivity contribution in [2.45, 2.75) is 19.3 Å². The van der Waals surface area contributed by atoms with Crippen LogP contribution in [-0.4, -0.2) is 26.5 Å². The number of benzene rings is 1. The molecular weight excluding hydrogens is 254 g/mol. The number of carbonyl (C=O) groups excluding carboxylic acids is 1. The molecule has 0 aliphatic carbocycles. The number of hydrogen-bond donors (Lipinski definition) is 1. The lowest BCUT2D eigenvalue weighted by Crippen LogP contribution is -2.23. The number of carbonyl (C=O) groups is 1. The lowest BCUT2D eigenvalue weighted by Gasteiger charge is -2.23. The number of anilines is 1. The van der Waals surface area contributed by atoms with Crippen LogP contribution in [0.15, 0.2) is 41.1 Å². The molecule has 0 atom stereocenters. The van der Waals surface area contributed by atoms with E-state index in [4.69, 9.17) is 0 Å². The highest BCUT2D eigenvalue weighted by molar-refractivity contribution is 5.80. The first-order chi connectivity index (χ1) is 9.48. The Balaban J connectivity index is 2.24. The number of para-hydroxylation sites is 1. The van der Waals surface area contributed by atoms with Crippen LogP contribution in [0.25, 0.3) is 0 Å². The third-order valence-corrected chi connectivity index (χ3v) is 3.59. The van der Waals surface area contributed by atoms with Gasteiger partial charge >= 0.3 is 6.09 Å². The number of methoxy groups -OCH3 is 1.